The lowest BCUT2D eigenvalue weighted by Crippen LogP contribution is -2.18. The Labute approximate surface area is 102 Å². The number of rotatable bonds is 3. The third-order valence-electron chi connectivity index (χ3n) is 4.49. The van der Waals surface area contributed by atoms with Crippen molar-refractivity contribution in [1.29, 1.82) is 0 Å². The first-order valence-corrected chi connectivity index (χ1v) is 6.61. The highest BCUT2D eigenvalue weighted by atomic mass is 19.1. The van der Waals surface area contributed by atoms with E-state index in [1.54, 1.807) is 6.07 Å². The molecule has 1 aromatic carbocycles. The van der Waals surface area contributed by atoms with E-state index >= 15 is 0 Å². The summed E-state index contributed by atoms with van der Waals surface area (Å²) in [6.07, 6.45) is 5.51. The highest BCUT2D eigenvalue weighted by Gasteiger charge is 2.39. The van der Waals surface area contributed by atoms with Crippen molar-refractivity contribution in [2.75, 3.05) is 6.61 Å². The molecule has 0 saturated heterocycles. The van der Waals surface area contributed by atoms with Crippen LogP contribution in [0.15, 0.2) is 18.2 Å². The van der Waals surface area contributed by atoms with Gasteiger partial charge in [-0.15, -0.1) is 0 Å². The minimum absolute atomic E-state index is 0.210. The van der Waals surface area contributed by atoms with E-state index in [2.05, 4.69) is 0 Å². The molecule has 2 fully saturated rings. The number of halogens is 1. The monoisotopic (exact) mass is 234 g/mol. The van der Waals surface area contributed by atoms with Crippen molar-refractivity contribution in [3.63, 3.8) is 0 Å². The molecule has 1 aromatic rings. The van der Waals surface area contributed by atoms with Gasteiger partial charge in [0.05, 0.1) is 6.61 Å². The Morgan fingerprint density at radius 3 is 2.88 bits per heavy atom. The molecule has 0 N–H and O–H groups in total. The van der Waals surface area contributed by atoms with Crippen LogP contribution in [0.4, 0.5) is 4.39 Å². The molecule has 3 rings (SSSR count). The zero-order valence-corrected chi connectivity index (χ0v) is 10.3. The van der Waals surface area contributed by atoms with Crippen LogP contribution in [0.3, 0.4) is 0 Å². The van der Waals surface area contributed by atoms with Crippen LogP contribution in [-0.2, 0) is 0 Å². The van der Waals surface area contributed by atoms with Gasteiger partial charge in [0.2, 0.25) is 0 Å². The van der Waals surface area contributed by atoms with Crippen molar-refractivity contribution in [2.24, 2.45) is 17.8 Å². The molecule has 0 radical (unpaired) electrons. The average Bonchev–Trinajstić information content (AvgIpc) is 2.92. The Balaban J connectivity index is 1.62. The van der Waals surface area contributed by atoms with Crippen molar-refractivity contribution in [2.45, 2.75) is 32.6 Å². The molecule has 0 amide bonds. The van der Waals surface area contributed by atoms with Crippen LogP contribution < -0.4 is 4.74 Å². The fraction of sp³-hybridized carbons (Fsp3) is 0.600. The van der Waals surface area contributed by atoms with Crippen LogP contribution in [0.2, 0.25) is 0 Å². The van der Waals surface area contributed by atoms with Gasteiger partial charge in [0, 0.05) is 6.07 Å². The predicted octanol–water partition coefficient (Wildman–Crippen LogP) is 3.95. The van der Waals surface area contributed by atoms with Gasteiger partial charge in [0.15, 0.2) is 0 Å². The summed E-state index contributed by atoms with van der Waals surface area (Å²) in [6.45, 7) is 2.74. The molecule has 3 unspecified atom stereocenters. The molecule has 0 aliphatic heterocycles. The second-order valence-corrected chi connectivity index (χ2v) is 5.66. The van der Waals surface area contributed by atoms with E-state index < -0.39 is 0 Å². The van der Waals surface area contributed by atoms with Gasteiger partial charge in [0.25, 0.3) is 0 Å². The summed E-state index contributed by atoms with van der Waals surface area (Å²) in [5.74, 6) is 3.03. The standard InChI is InChI=1S/C15H19FO/c1-10-2-5-14(16)8-15(10)17-9-13-7-11-3-4-12(13)6-11/h2,5,8,11-13H,3-4,6-7,9H2,1H3. The van der Waals surface area contributed by atoms with Gasteiger partial charge in [0.1, 0.15) is 11.6 Å². The maximum Gasteiger partial charge on any atom is 0.126 e. The molecular weight excluding hydrogens is 215 g/mol. The summed E-state index contributed by atoms with van der Waals surface area (Å²) in [5, 5.41) is 0. The van der Waals surface area contributed by atoms with Crippen molar-refractivity contribution >= 4 is 0 Å². The van der Waals surface area contributed by atoms with Crippen LogP contribution in [-0.4, -0.2) is 6.61 Å². The Bertz CT molecular complexity index is 415. The van der Waals surface area contributed by atoms with Gasteiger partial charge in [-0.25, -0.2) is 4.39 Å². The Morgan fingerprint density at radius 1 is 1.29 bits per heavy atom. The number of benzene rings is 1. The maximum atomic E-state index is 13.1. The fourth-order valence-corrected chi connectivity index (χ4v) is 3.51. The summed E-state index contributed by atoms with van der Waals surface area (Å²) >= 11 is 0. The molecule has 17 heavy (non-hydrogen) atoms. The van der Waals surface area contributed by atoms with Gasteiger partial charge in [-0.3, -0.25) is 0 Å². The molecule has 1 nitrogen and oxygen atoms in total. The summed E-state index contributed by atoms with van der Waals surface area (Å²) in [5.41, 5.74) is 1.02. The highest BCUT2D eigenvalue weighted by Crippen LogP contribution is 2.48. The van der Waals surface area contributed by atoms with Crippen LogP contribution in [0.25, 0.3) is 0 Å². The van der Waals surface area contributed by atoms with Gasteiger partial charge < -0.3 is 4.74 Å². The fourth-order valence-electron chi connectivity index (χ4n) is 3.51. The van der Waals surface area contributed by atoms with Crippen molar-refractivity contribution in [3.8, 4) is 5.75 Å². The van der Waals surface area contributed by atoms with Crippen LogP contribution in [0, 0.1) is 30.5 Å². The first kappa shape index (κ1) is 11.1. The van der Waals surface area contributed by atoms with E-state index in [1.807, 2.05) is 6.92 Å². The normalized spacial score (nSPS) is 30.8. The quantitative estimate of drug-likeness (QED) is 0.769. The van der Waals surface area contributed by atoms with E-state index in [9.17, 15) is 4.39 Å². The number of aryl methyl sites for hydroxylation is 1. The molecule has 2 aliphatic rings. The Hall–Kier alpha value is -1.05. The molecule has 3 atom stereocenters. The number of hydrogen-bond donors (Lipinski definition) is 0. The minimum Gasteiger partial charge on any atom is -0.493 e. The van der Waals surface area contributed by atoms with Gasteiger partial charge in [-0.05, 0) is 55.6 Å². The third-order valence-corrected chi connectivity index (χ3v) is 4.49. The SMILES string of the molecule is Cc1ccc(F)cc1OCC1CC2CCC1C2. The summed E-state index contributed by atoms with van der Waals surface area (Å²) in [7, 11) is 0. The Kier molecular flexibility index (Phi) is 2.81. The summed E-state index contributed by atoms with van der Waals surface area (Å²) in [4.78, 5) is 0. The molecule has 0 spiro atoms. The molecule has 2 aliphatic carbocycles. The third kappa shape index (κ3) is 2.18. The lowest BCUT2D eigenvalue weighted by molar-refractivity contribution is 0.194. The lowest BCUT2D eigenvalue weighted by atomic mass is 9.89. The summed E-state index contributed by atoms with van der Waals surface area (Å²) in [6, 6.07) is 4.77. The number of hydrogen-bond acceptors (Lipinski definition) is 1. The highest BCUT2D eigenvalue weighted by molar-refractivity contribution is 5.32. The van der Waals surface area contributed by atoms with Gasteiger partial charge in [-0.2, -0.15) is 0 Å². The topological polar surface area (TPSA) is 9.23 Å². The predicted molar refractivity (Wildman–Crippen MR) is 65.6 cm³/mol. The lowest BCUT2D eigenvalue weighted by Gasteiger charge is -2.22. The van der Waals surface area contributed by atoms with E-state index in [1.165, 1.54) is 37.8 Å². The van der Waals surface area contributed by atoms with Crippen LogP contribution in [0.5, 0.6) is 5.75 Å². The van der Waals surface area contributed by atoms with Crippen molar-refractivity contribution < 1.29 is 9.13 Å². The second kappa shape index (κ2) is 4.32. The van der Waals surface area contributed by atoms with E-state index in [0.717, 1.165) is 24.0 Å². The Morgan fingerprint density at radius 2 is 2.18 bits per heavy atom. The van der Waals surface area contributed by atoms with Crippen molar-refractivity contribution in [3.05, 3.63) is 29.6 Å². The maximum absolute atomic E-state index is 13.1. The largest absolute Gasteiger partial charge is 0.493 e. The second-order valence-electron chi connectivity index (χ2n) is 5.66. The molecule has 2 bridgehead atoms. The van der Waals surface area contributed by atoms with Gasteiger partial charge >= 0.3 is 0 Å². The molecule has 92 valence electrons. The first-order chi connectivity index (χ1) is 8.22. The number of ether oxygens (including phenoxy) is 1. The minimum atomic E-state index is -0.210. The first-order valence-electron chi connectivity index (χ1n) is 6.61. The van der Waals surface area contributed by atoms with Crippen molar-refractivity contribution in [1.82, 2.24) is 0 Å². The average molecular weight is 234 g/mol. The van der Waals surface area contributed by atoms with Crippen LogP contribution >= 0.6 is 0 Å². The molecule has 2 saturated carbocycles. The zero-order chi connectivity index (χ0) is 11.8. The zero-order valence-electron chi connectivity index (χ0n) is 10.3. The molecular formula is C15H19FO. The summed E-state index contributed by atoms with van der Waals surface area (Å²) < 4.78 is 18.9. The van der Waals surface area contributed by atoms with E-state index in [4.69, 9.17) is 4.74 Å². The van der Waals surface area contributed by atoms with E-state index in [-0.39, 0.29) is 5.82 Å². The molecule has 2 heteroatoms. The van der Waals surface area contributed by atoms with Crippen LogP contribution in [0.1, 0.15) is 31.2 Å². The molecule has 0 heterocycles. The number of fused-ring (bicyclic) bond motifs is 2. The molecule has 0 aromatic heterocycles. The van der Waals surface area contributed by atoms with Gasteiger partial charge in [-0.1, -0.05) is 12.5 Å². The smallest absolute Gasteiger partial charge is 0.126 e. The van der Waals surface area contributed by atoms with E-state index in [0.29, 0.717) is 11.7 Å².